The predicted octanol–water partition coefficient (Wildman–Crippen LogP) is 3.05. The molecule has 0 radical (unpaired) electrons. The van der Waals surface area contributed by atoms with E-state index in [1.54, 1.807) is 19.2 Å². The minimum absolute atomic E-state index is 0. The Bertz CT molecular complexity index is 538. The highest BCUT2D eigenvalue weighted by molar-refractivity contribution is 14.0. The number of nitrogens with zero attached hydrogens (tertiary/aromatic N) is 1. The lowest BCUT2D eigenvalue weighted by molar-refractivity contribution is -0.123. The summed E-state index contributed by atoms with van der Waals surface area (Å²) in [7, 11) is 1.69. The number of carbonyl (C=O) groups excluding carboxylic acids is 1. The topological polar surface area (TPSA) is 65.5 Å². The SMILES string of the molecule is CN=C(NCCNC(=O)C(C)C)NCc1ccc(Cl)cc1Cl.I. The molecule has 0 fully saturated rings. The summed E-state index contributed by atoms with van der Waals surface area (Å²) >= 11 is 12.0. The van der Waals surface area contributed by atoms with Crippen molar-refractivity contribution in [2.75, 3.05) is 20.1 Å². The number of aliphatic imine (C=N–C) groups is 1. The van der Waals surface area contributed by atoms with E-state index >= 15 is 0 Å². The Hall–Kier alpha value is -0.730. The third-order valence-electron chi connectivity index (χ3n) is 2.93. The first-order valence-electron chi connectivity index (χ1n) is 7.10. The van der Waals surface area contributed by atoms with Crippen molar-refractivity contribution in [2.24, 2.45) is 10.9 Å². The van der Waals surface area contributed by atoms with Gasteiger partial charge in [0.05, 0.1) is 0 Å². The molecular formula is C15H23Cl2IN4O. The van der Waals surface area contributed by atoms with Crippen LogP contribution in [0.25, 0.3) is 0 Å². The molecular weight excluding hydrogens is 450 g/mol. The van der Waals surface area contributed by atoms with Gasteiger partial charge in [0.1, 0.15) is 0 Å². The molecule has 23 heavy (non-hydrogen) atoms. The Morgan fingerprint density at radius 2 is 1.83 bits per heavy atom. The number of hydrogen-bond acceptors (Lipinski definition) is 2. The second-order valence-electron chi connectivity index (χ2n) is 5.03. The summed E-state index contributed by atoms with van der Waals surface area (Å²) < 4.78 is 0. The Morgan fingerprint density at radius 3 is 2.39 bits per heavy atom. The lowest BCUT2D eigenvalue weighted by Gasteiger charge is -2.13. The summed E-state index contributed by atoms with van der Waals surface area (Å²) in [4.78, 5) is 15.5. The summed E-state index contributed by atoms with van der Waals surface area (Å²) in [6, 6.07) is 5.37. The van der Waals surface area contributed by atoms with E-state index in [0.717, 1.165) is 5.56 Å². The van der Waals surface area contributed by atoms with Crippen molar-refractivity contribution in [3.8, 4) is 0 Å². The van der Waals surface area contributed by atoms with Crippen LogP contribution in [0.1, 0.15) is 19.4 Å². The van der Waals surface area contributed by atoms with Crippen molar-refractivity contribution in [1.82, 2.24) is 16.0 Å². The molecule has 0 unspecified atom stereocenters. The molecule has 0 spiro atoms. The second-order valence-corrected chi connectivity index (χ2v) is 5.88. The Balaban J connectivity index is 0.00000484. The molecule has 0 atom stereocenters. The Kier molecular flexibility index (Phi) is 11.4. The molecule has 1 amide bonds. The predicted molar refractivity (Wildman–Crippen MR) is 108 cm³/mol. The molecule has 0 saturated heterocycles. The van der Waals surface area contributed by atoms with Crippen LogP contribution in [0.15, 0.2) is 23.2 Å². The molecule has 0 bridgehead atoms. The molecule has 0 aliphatic heterocycles. The first kappa shape index (κ1) is 22.3. The minimum atomic E-state index is -0.00974. The second kappa shape index (κ2) is 11.8. The number of halogens is 3. The van der Waals surface area contributed by atoms with Gasteiger partial charge in [0.15, 0.2) is 5.96 Å². The minimum Gasteiger partial charge on any atom is -0.355 e. The zero-order valence-corrected chi connectivity index (χ0v) is 17.3. The number of benzene rings is 1. The first-order chi connectivity index (χ1) is 10.4. The van der Waals surface area contributed by atoms with Crippen molar-refractivity contribution in [2.45, 2.75) is 20.4 Å². The molecule has 0 saturated carbocycles. The number of hydrogen-bond donors (Lipinski definition) is 3. The smallest absolute Gasteiger partial charge is 0.222 e. The van der Waals surface area contributed by atoms with Crippen molar-refractivity contribution in [3.05, 3.63) is 33.8 Å². The normalized spacial score (nSPS) is 11.0. The van der Waals surface area contributed by atoms with E-state index < -0.39 is 0 Å². The van der Waals surface area contributed by atoms with Crippen molar-refractivity contribution >= 4 is 59.0 Å². The molecule has 0 heterocycles. The van der Waals surface area contributed by atoms with Gasteiger partial charge in [0.2, 0.25) is 5.91 Å². The number of rotatable bonds is 6. The van der Waals surface area contributed by atoms with Crippen LogP contribution < -0.4 is 16.0 Å². The number of carbonyl (C=O) groups is 1. The fraction of sp³-hybridized carbons (Fsp3) is 0.467. The molecule has 5 nitrogen and oxygen atoms in total. The summed E-state index contributed by atoms with van der Waals surface area (Å²) in [5, 5.41) is 10.3. The molecule has 3 N–H and O–H groups in total. The fourth-order valence-electron chi connectivity index (χ4n) is 1.64. The van der Waals surface area contributed by atoms with Gasteiger partial charge in [0, 0.05) is 42.6 Å². The number of amides is 1. The van der Waals surface area contributed by atoms with E-state index in [9.17, 15) is 4.79 Å². The van der Waals surface area contributed by atoms with E-state index in [2.05, 4.69) is 20.9 Å². The highest BCUT2D eigenvalue weighted by Crippen LogP contribution is 2.20. The van der Waals surface area contributed by atoms with Gasteiger partial charge in [0.25, 0.3) is 0 Å². The van der Waals surface area contributed by atoms with Gasteiger partial charge < -0.3 is 16.0 Å². The van der Waals surface area contributed by atoms with Gasteiger partial charge in [-0.3, -0.25) is 9.79 Å². The van der Waals surface area contributed by atoms with Crippen LogP contribution in [0.5, 0.6) is 0 Å². The molecule has 8 heteroatoms. The zero-order valence-electron chi connectivity index (χ0n) is 13.5. The molecule has 130 valence electrons. The Labute approximate surface area is 164 Å². The highest BCUT2D eigenvalue weighted by atomic mass is 127. The molecule has 0 aliphatic rings. The van der Waals surface area contributed by atoms with Gasteiger partial charge in [-0.25, -0.2) is 0 Å². The van der Waals surface area contributed by atoms with E-state index in [1.165, 1.54) is 0 Å². The lowest BCUT2D eigenvalue weighted by Crippen LogP contribution is -2.41. The van der Waals surface area contributed by atoms with Gasteiger partial charge in [-0.05, 0) is 17.7 Å². The summed E-state index contributed by atoms with van der Waals surface area (Å²) in [5.41, 5.74) is 0.933. The van der Waals surface area contributed by atoms with Gasteiger partial charge in [-0.2, -0.15) is 0 Å². The standard InChI is InChI=1S/C15H22Cl2N4O.HI/c1-10(2)14(22)19-6-7-20-15(18-3)21-9-11-4-5-12(16)8-13(11)17;/h4-5,8,10H,6-7,9H2,1-3H3,(H,19,22)(H2,18,20,21);1H. The average molecular weight is 473 g/mol. The largest absolute Gasteiger partial charge is 0.355 e. The molecule has 0 aromatic heterocycles. The maximum Gasteiger partial charge on any atom is 0.222 e. The van der Waals surface area contributed by atoms with Gasteiger partial charge >= 0.3 is 0 Å². The first-order valence-corrected chi connectivity index (χ1v) is 7.85. The van der Waals surface area contributed by atoms with Crippen molar-refractivity contribution in [3.63, 3.8) is 0 Å². The van der Waals surface area contributed by atoms with Crippen LogP contribution in [0, 0.1) is 5.92 Å². The summed E-state index contributed by atoms with van der Waals surface area (Å²) in [6.07, 6.45) is 0. The molecule has 1 rings (SSSR count). The number of nitrogens with one attached hydrogen (secondary N) is 3. The van der Waals surface area contributed by atoms with E-state index in [0.29, 0.717) is 35.6 Å². The van der Waals surface area contributed by atoms with E-state index in [1.807, 2.05) is 19.9 Å². The van der Waals surface area contributed by atoms with E-state index in [-0.39, 0.29) is 35.8 Å². The van der Waals surface area contributed by atoms with Crippen LogP contribution in [-0.4, -0.2) is 32.0 Å². The Morgan fingerprint density at radius 1 is 1.17 bits per heavy atom. The van der Waals surface area contributed by atoms with E-state index in [4.69, 9.17) is 23.2 Å². The highest BCUT2D eigenvalue weighted by Gasteiger charge is 2.06. The quantitative estimate of drug-likeness (QED) is 0.258. The third-order valence-corrected chi connectivity index (χ3v) is 3.51. The van der Waals surface area contributed by atoms with Crippen LogP contribution in [0.2, 0.25) is 10.0 Å². The lowest BCUT2D eigenvalue weighted by atomic mass is 10.2. The van der Waals surface area contributed by atoms with Crippen molar-refractivity contribution in [1.29, 1.82) is 0 Å². The van der Waals surface area contributed by atoms with Crippen LogP contribution >= 0.6 is 47.2 Å². The van der Waals surface area contributed by atoms with Crippen LogP contribution in [-0.2, 0) is 11.3 Å². The average Bonchev–Trinajstić information content (AvgIpc) is 2.47. The summed E-state index contributed by atoms with van der Waals surface area (Å²) in [5.74, 6) is 0.673. The third kappa shape index (κ3) is 8.62. The monoisotopic (exact) mass is 472 g/mol. The molecule has 1 aromatic rings. The fourth-order valence-corrected chi connectivity index (χ4v) is 2.11. The van der Waals surface area contributed by atoms with Crippen LogP contribution in [0.3, 0.4) is 0 Å². The maximum atomic E-state index is 11.4. The van der Waals surface area contributed by atoms with Gasteiger partial charge in [-0.15, -0.1) is 24.0 Å². The molecule has 0 aliphatic carbocycles. The maximum absolute atomic E-state index is 11.4. The van der Waals surface area contributed by atoms with Gasteiger partial charge in [-0.1, -0.05) is 43.1 Å². The van der Waals surface area contributed by atoms with Crippen molar-refractivity contribution < 1.29 is 4.79 Å². The zero-order chi connectivity index (χ0) is 16.5. The van der Waals surface area contributed by atoms with Crippen LogP contribution in [0.4, 0.5) is 0 Å². The summed E-state index contributed by atoms with van der Waals surface area (Å²) in [6.45, 7) is 5.39. The molecule has 1 aromatic carbocycles. The number of guanidine groups is 1.